The van der Waals surface area contributed by atoms with E-state index in [0.717, 1.165) is 0 Å². The van der Waals surface area contributed by atoms with Gasteiger partial charge in [0.2, 0.25) is 0 Å². The second-order valence-corrected chi connectivity index (χ2v) is 7.39. The standard InChI is InChI=1S/C16H24N2O10/c17-16(18)2-1-8(3-9(19)20)14(4-10(21)22,5-11(23)24)15(16,6-12(25)26)7-13(27)28/h8H,1-7,17-18H2,(H,19,20)(H,21,22)(H,23,24)(H,25,26)(H,27,28). The molecule has 1 aliphatic rings. The van der Waals surface area contributed by atoms with Crippen LogP contribution in [0.15, 0.2) is 0 Å². The van der Waals surface area contributed by atoms with Gasteiger partial charge in [-0.1, -0.05) is 0 Å². The SMILES string of the molecule is NC1(N)CCC(CC(=O)O)C(CC(=O)O)(CC(=O)O)C1(CC(=O)O)CC(=O)O. The summed E-state index contributed by atoms with van der Waals surface area (Å²) < 4.78 is 0. The van der Waals surface area contributed by atoms with Crippen molar-refractivity contribution in [1.82, 2.24) is 0 Å². The molecule has 0 aromatic rings. The van der Waals surface area contributed by atoms with Crippen LogP contribution in [0.4, 0.5) is 0 Å². The van der Waals surface area contributed by atoms with E-state index in [1.165, 1.54) is 0 Å². The Labute approximate surface area is 159 Å². The third kappa shape index (κ3) is 4.39. The predicted octanol–water partition coefficient (Wildman–Crippen LogP) is -0.644. The zero-order valence-electron chi connectivity index (χ0n) is 15.0. The first-order valence-electron chi connectivity index (χ1n) is 8.36. The number of carboxylic acid groups (broad SMARTS) is 5. The van der Waals surface area contributed by atoms with E-state index in [1.807, 2.05) is 0 Å². The second-order valence-electron chi connectivity index (χ2n) is 7.39. The number of hydrogen-bond acceptors (Lipinski definition) is 7. The molecule has 9 N–H and O–H groups in total. The molecule has 1 saturated carbocycles. The molecule has 12 nitrogen and oxygen atoms in total. The van der Waals surface area contributed by atoms with E-state index in [9.17, 15) is 49.5 Å². The Kier molecular flexibility index (Phi) is 6.75. The Morgan fingerprint density at radius 1 is 0.714 bits per heavy atom. The molecule has 0 amide bonds. The molecule has 1 aliphatic carbocycles. The van der Waals surface area contributed by atoms with Crippen LogP contribution in [0.3, 0.4) is 0 Å². The van der Waals surface area contributed by atoms with Crippen molar-refractivity contribution in [2.45, 2.75) is 50.6 Å². The van der Waals surface area contributed by atoms with E-state index >= 15 is 0 Å². The van der Waals surface area contributed by atoms with Gasteiger partial charge in [-0.2, -0.15) is 0 Å². The van der Waals surface area contributed by atoms with E-state index in [4.69, 9.17) is 11.5 Å². The number of carbonyl (C=O) groups is 5. The van der Waals surface area contributed by atoms with Crippen molar-refractivity contribution in [1.29, 1.82) is 0 Å². The minimum Gasteiger partial charge on any atom is -0.481 e. The summed E-state index contributed by atoms with van der Waals surface area (Å²) in [6.45, 7) is 0. The highest BCUT2D eigenvalue weighted by Gasteiger charge is 2.68. The first-order valence-corrected chi connectivity index (χ1v) is 8.36. The van der Waals surface area contributed by atoms with Gasteiger partial charge < -0.3 is 37.0 Å². The minimum absolute atomic E-state index is 0.0964. The van der Waals surface area contributed by atoms with E-state index in [1.54, 1.807) is 0 Å². The number of rotatable bonds is 10. The van der Waals surface area contributed by atoms with Gasteiger partial charge in [0.1, 0.15) is 0 Å². The average molecular weight is 404 g/mol. The van der Waals surface area contributed by atoms with Crippen LogP contribution in [0.1, 0.15) is 44.9 Å². The molecular formula is C16H24N2O10. The van der Waals surface area contributed by atoms with Gasteiger partial charge in [0.05, 0.1) is 31.3 Å². The normalized spacial score (nSPS) is 22.1. The Morgan fingerprint density at radius 2 is 1.11 bits per heavy atom. The van der Waals surface area contributed by atoms with Crippen LogP contribution in [0.2, 0.25) is 0 Å². The van der Waals surface area contributed by atoms with Gasteiger partial charge in [0.25, 0.3) is 0 Å². The van der Waals surface area contributed by atoms with Crippen molar-refractivity contribution in [2.24, 2.45) is 28.2 Å². The summed E-state index contributed by atoms with van der Waals surface area (Å²) in [5, 5.41) is 47.0. The number of hydrogen-bond donors (Lipinski definition) is 7. The van der Waals surface area contributed by atoms with Gasteiger partial charge in [-0.25, -0.2) is 0 Å². The van der Waals surface area contributed by atoms with E-state index < -0.39 is 84.4 Å². The lowest BCUT2D eigenvalue weighted by Gasteiger charge is -2.62. The summed E-state index contributed by atoms with van der Waals surface area (Å²) in [5.74, 6) is -8.73. The molecule has 1 unspecified atom stereocenters. The van der Waals surface area contributed by atoms with Gasteiger partial charge in [0, 0.05) is 17.3 Å². The molecule has 0 radical (unpaired) electrons. The lowest BCUT2D eigenvalue weighted by Crippen LogP contribution is -2.74. The summed E-state index contributed by atoms with van der Waals surface area (Å²) in [6.07, 6.45) is -5.02. The van der Waals surface area contributed by atoms with E-state index in [0.29, 0.717) is 0 Å². The van der Waals surface area contributed by atoms with Crippen molar-refractivity contribution in [3.05, 3.63) is 0 Å². The van der Waals surface area contributed by atoms with Crippen molar-refractivity contribution >= 4 is 29.8 Å². The number of nitrogens with two attached hydrogens (primary N) is 2. The second kappa shape index (κ2) is 8.10. The van der Waals surface area contributed by atoms with Crippen molar-refractivity contribution in [3.8, 4) is 0 Å². The first-order chi connectivity index (χ1) is 12.7. The largest absolute Gasteiger partial charge is 0.481 e. The Morgan fingerprint density at radius 3 is 1.43 bits per heavy atom. The van der Waals surface area contributed by atoms with Crippen molar-refractivity contribution in [2.75, 3.05) is 0 Å². The fraction of sp³-hybridized carbons (Fsp3) is 0.688. The molecular weight excluding hydrogens is 380 g/mol. The number of aliphatic carboxylic acids is 5. The molecule has 28 heavy (non-hydrogen) atoms. The molecule has 0 bridgehead atoms. The maximum atomic E-state index is 11.6. The van der Waals surface area contributed by atoms with Gasteiger partial charge in [-0.05, 0) is 18.8 Å². The van der Waals surface area contributed by atoms with Crippen LogP contribution < -0.4 is 11.5 Å². The zero-order valence-corrected chi connectivity index (χ0v) is 15.0. The highest BCUT2D eigenvalue weighted by atomic mass is 16.4. The molecule has 0 aromatic heterocycles. The summed E-state index contributed by atoms with van der Waals surface area (Å²) in [7, 11) is 0. The highest BCUT2D eigenvalue weighted by Crippen LogP contribution is 2.64. The molecule has 1 fully saturated rings. The third-order valence-electron chi connectivity index (χ3n) is 5.79. The van der Waals surface area contributed by atoms with Gasteiger partial charge in [-0.15, -0.1) is 0 Å². The maximum Gasteiger partial charge on any atom is 0.304 e. The van der Waals surface area contributed by atoms with Crippen LogP contribution >= 0.6 is 0 Å². The fourth-order valence-corrected chi connectivity index (χ4v) is 4.78. The third-order valence-corrected chi connectivity index (χ3v) is 5.79. The highest BCUT2D eigenvalue weighted by molar-refractivity contribution is 5.77. The van der Waals surface area contributed by atoms with Crippen LogP contribution in [0, 0.1) is 16.7 Å². The van der Waals surface area contributed by atoms with Crippen molar-refractivity contribution < 1.29 is 49.5 Å². The molecule has 12 heteroatoms. The monoisotopic (exact) mass is 404 g/mol. The van der Waals surface area contributed by atoms with Crippen LogP contribution in [-0.4, -0.2) is 61.0 Å². The smallest absolute Gasteiger partial charge is 0.304 e. The van der Waals surface area contributed by atoms with Gasteiger partial charge in [0.15, 0.2) is 0 Å². The summed E-state index contributed by atoms with van der Waals surface area (Å²) >= 11 is 0. The molecule has 1 rings (SSSR count). The Bertz CT molecular complexity index is 655. The Hall–Kier alpha value is -2.73. The van der Waals surface area contributed by atoms with Crippen LogP contribution in [-0.2, 0) is 24.0 Å². The molecule has 1 atom stereocenters. The molecule has 0 aliphatic heterocycles. The van der Waals surface area contributed by atoms with Gasteiger partial charge >= 0.3 is 29.8 Å². The van der Waals surface area contributed by atoms with Gasteiger partial charge in [-0.3, -0.25) is 24.0 Å². The molecule has 0 saturated heterocycles. The lowest BCUT2D eigenvalue weighted by molar-refractivity contribution is -0.190. The lowest BCUT2D eigenvalue weighted by atomic mass is 9.43. The first kappa shape index (κ1) is 23.3. The summed E-state index contributed by atoms with van der Waals surface area (Å²) in [4.78, 5) is 57.9. The van der Waals surface area contributed by atoms with Crippen LogP contribution in [0.5, 0.6) is 0 Å². The quantitative estimate of drug-likeness (QED) is 0.225. The van der Waals surface area contributed by atoms with Crippen LogP contribution in [0.25, 0.3) is 0 Å². The minimum atomic E-state index is -2.22. The fourth-order valence-electron chi connectivity index (χ4n) is 4.78. The predicted molar refractivity (Wildman–Crippen MR) is 90.0 cm³/mol. The van der Waals surface area contributed by atoms with Crippen molar-refractivity contribution in [3.63, 3.8) is 0 Å². The molecule has 0 spiro atoms. The topological polar surface area (TPSA) is 239 Å². The maximum absolute atomic E-state index is 11.6. The van der Waals surface area contributed by atoms with E-state index in [-0.39, 0.29) is 12.8 Å². The zero-order chi connectivity index (χ0) is 21.9. The molecule has 158 valence electrons. The summed E-state index contributed by atoms with van der Waals surface area (Å²) in [6, 6.07) is 0. The Balaban J connectivity index is 3.92. The average Bonchev–Trinajstić information content (AvgIpc) is 2.46. The molecule has 0 aromatic carbocycles. The molecule has 0 heterocycles. The number of carboxylic acids is 5. The van der Waals surface area contributed by atoms with E-state index in [2.05, 4.69) is 0 Å². The summed E-state index contributed by atoms with van der Waals surface area (Å²) in [5.41, 5.74) is 5.81.